The fourth-order valence-corrected chi connectivity index (χ4v) is 3.26. The minimum absolute atomic E-state index is 0.0636. The molecule has 0 saturated carbocycles. The van der Waals surface area contributed by atoms with E-state index in [0.717, 1.165) is 5.01 Å². The van der Waals surface area contributed by atoms with Crippen LogP contribution in [-0.2, 0) is 17.8 Å². The van der Waals surface area contributed by atoms with Gasteiger partial charge in [-0.1, -0.05) is 25.1 Å². The molecule has 0 radical (unpaired) electrons. The molecule has 8 nitrogen and oxygen atoms in total. The fraction of sp³-hybridized carbons (Fsp3) is 0.278. The summed E-state index contributed by atoms with van der Waals surface area (Å²) in [6, 6.07) is 6.78. The fourth-order valence-electron chi connectivity index (χ4n) is 2.65. The molecule has 3 rings (SSSR count). The van der Waals surface area contributed by atoms with E-state index in [1.54, 1.807) is 29.6 Å². The van der Waals surface area contributed by atoms with Gasteiger partial charge >= 0.3 is 0 Å². The molecular formula is C18H19N5O3S. The quantitative estimate of drug-likeness (QED) is 0.649. The van der Waals surface area contributed by atoms with Gasteiger partial charge in [0.2, 0.25) is 5.91 Å². The molecular weight excluding hydrogens is 366 g/mol. The molecule has 9 heteroatoms. The van der Waals surface area contributed by atoms with Gasteiger partial charge in [0.05, 0.1) is 22.5 Å². The second-order valence-electron chi connectivity index (χ2n) is 5.96. The van der Waals surface area contributed by atoms with E-state index >= 15 is 0 Å². The first-order chi connectivity index (χ1) is 13.0. The van der Waals surface area contributed by atoms with E-state index in [2.05, 4.69) is 20.9 Å². The van der Waals surface area contributed by atoms with Crippen molar-refractivity contribution in [2.45, 2.75) is 33.2 Å². The summed E-state index contributed by atoms with van der Waals surface area (Å²) in [4.78, 5) is 41.2. The number of amides is 2. The molecule has 0 aliphatic rings. The van der Waals surface area contributed by atoms with Crippen LogP contribution in [0.4, 0.5) is 0 Å². The average Bonchev–Trinajstić information content (AvgIpc) is 3.07. The maximum atomic E-state index is 12.6. The summed E-state index contributed by atoms with van der Waals surface area (Å²) < 4.78 is 1.27. The highest BCUT2D eigenvalue weighted by Gasteiger charge is 2.17. The molecule has 3 aromatic rings. The normalized spacial score (nSPS) is 10.7. The third-order valence-electron chi connectivity index (χ3n) is 3.84. The first-order valence-electron chi connectivity index (χ1n) is 8.49. The van der Waals surface area contributed by atoms with Gasteiger partial charge in [0.1, 0.15) is 0 Å². The highest BCUT2D eigenvalue weighted by molar-refractivity contribution is 7.09. The van der Waals surface area contributed by atoms with Gasteiger partial charge in [-0.15, -0.1) is 11.3 Å². The number of hydrazine groups is 1. The van der Waals surface area contributed by atoms with Crippen molar-refractivity contribution in [3.63, 3.8) is 0 Å². The van der Waals surface area contributed by atoms with Crippen LogP contribution in [0.15, 0.2) is 34.4 Å². The van der Waals surface area contributed by atoms with Crippen LogP contribution >= 0.6 is 11.3 Å². The number of hydrogen-bond donors (Lipinski definition) is 2. The molecule has 1 aromatic carbocycles. The molecule has 0 aliphatic carbocycles. The van der Waals surface area contributed by atoms with Crippen LogP contribution in [0.2, 0.25) is 0 Å². The van der Waals surface area contributed by atoms with E-state index in [4.69, 9.17) is 0 Å². The zero-order valence-electron chi connectivity index (χ0n) is 15.0. The molecule has 2 heterocycles. The molecule has 0 unspecified atom stereocenters. The maximum Gasteiger partial charge on any atom is 0.290 e. The van der Waals surface area contributed by atoms with E-state index < -0.39 is 5.91 Å². The van der Waals surface area contributed by atoms with E-state index in [0.29, 0.717) is 29.4 Å². The maximum absolute atomic E-state index is 12.6. The number of hydrogen-bond acceptors (Lipinski definition) is 6. The summed E-state index contributed by atoms with van der Waals surface area (Å²) in [5, 5.41) is 7.71. The predicted molar refractivity (Wildman–Crippen MR) is 102 cm³/mol. The first kappa shape index (κ1) is 18.7. The lowest BCUT2D eigenvalue weighted by Crippen LogP contribution is -2.43. The SMILES string of the molecule is CCCn1nc(C(=O)NNC(=O)Cc2csc(C)n2)c2ccccc2c1=O. The third-order valence-corrected chi connectivity index (χ3v) is 4.66. The van der Waals surface area contributed by atoms with Crippen molar-refractivity contribution in [3.05, 3.63) is 56.4 Å². The molecule has 0 saturated heterocycles. The van der Waals surface area contributed by atoms with Gasteiger partial charge < -0.3 is 0 Å². The van der Waals surface area contributed by atoms with Crippen LogP contribution in [0.1, 0.15) is 34.5 Å². The topological polar surface area (TPSA) is 106 Å². The monoisotopic (exact) mass is 385 g/mol. The Labute approximate surface area is 159 Å². The molecule has 0 aliphatic heterocycles. The van der Waals surface area contributed by atoms with E-state index in [1.807, 2.05) is 13.8 Å². The Balaban J connectivity index is 1.79. The lowest BCUT2D eigenvalue weighted by molar-refractivity contribution is -0.121. The number of fused-ring (bicyclic) bond motifs is 1. The third kappa shape index (κ3) is 4.20. The molecule has 2 aromatic heterocycles. The summed E-state index contributed by atoms with van der Waals surface area (Å²) >= 11 is 1.46. The molecule has 0 spiro atoms. The van der Waals surface area contributed by atoms with Crippen LogP contribution < -0.4 is 16.4 Å². The highest BCUT2D eigenvalue weighted by atomic mass is 32.1. The Kier molecular flexibility index (Phi) is 5.60. The number of aryl methyl sites for hydroxylation is 2. The molecule has 0 fully saturated rings. The second-order valence-corrected chi connectivity index (χ2v) is 7.02. The van der Waals surface area contributed by atoms with Gasteiger partial charge in [-0.05, 0) is 19.4 Å². The molecule has 140 valence electrons. The lowest BCUT2D eigenvalue weighted by Gasteiger charge is -2.11. The first-order valence-corrected chi connectivity index (χ1v) is 9.37. The van der Waals surface area contributed by atoms with Crippen molar-refractivity contribution in [1.82, 2.24) is 25.6 Å². The van der Waals surface area contributed by atoms with Crippen LogP contribution in [0.3, 0.4) is 0 Å². The summed E-state index contributed by atoms with van der Waals surface area (Å²) in [5.74, 6) is -0.973. The number of carbonyl (C=O) groups excluding carboxylic acids is 2. The molecule has 2 amide bonds. The van der Waals surface area contributed by atoms with Crippen molar-refractivity contribution in [3.8, 4) is 0 Å². The van der Waals surface area contributed by atoms with Gasteiger partial charge in [-0.2, -0.15) is 5.10 Å². The second kappa shape index (κ2) is 8.09. The lowest BCUT2D eigenvalue weighted by atomic mass is 10.1. The van der Waals surface area contributed by atoms with Crippen molar-refractivity contribution in [1.29, 1.82) is 0 Å². The van der Waals surface area contributed by atoms with E-state index in [9.17, 15) is 14.4 Å². The van der Waals surface area contributed by atoms with Crippen LogP contribution in [-0.4, -0.2) is 26.6 Å². The van der Waals surface area contributed by atoms with Crippen LogP contribution in [0.25, 0.3) is 10.8 Å². The largest absolute Gasteiger partial charge is 0.290 e. The minimum atomic E-state index is -0.584. The zero-order chi connectivity index (χ0) is 19.4. The van der Waals surface area contributed by atoms with Gasteiger partial charge in [-0.25, -0.2) is 9.67 Å². The Morgan fingerprint density at radius 1 is 1.19 bits per heavy atom. The number of nitrogens with zero attached hydrogens (tertiary/aromatic N) is 3. The number of rotatable bonds is 5. The summed E-state index contributed by atoms with van der Waals surface area (Å²) in [7, 11) is 0. The zero-order valence-corrected chi connectivity index (χ0v) is 15.8. The highest BCUT2D eigenvalue weighted by Crippen LogP contribution is 2.13. The van der Waals surface area contributed by atoms with Gasteiger partial charge in [0.25, 0.3) is 11.5 Å². The van der Waals surface area contributed by atoms with E-state index in [1.165, 1.54) is 16.0 Å². The Morgan fingerprint density at radius 2 is 1.93 bits per heavy atom. The Bertz CT molecular complexity index is 1060. The number of carbonyl (C=O) groups is 2. The van der Waals surface area contributed by atoms with Crippen molar-refractivity contribution in [2.75, 3.05) is 0 Å². The van der Waals surface area contributed by atoms with Gasteiger partial charge in [0.15, 0.2) is 5.69 Å². The standard InChI is InChI=1S/C18H19N5O3S/c1-3-8-23-18(26)14-7-5-4-6-13(14)16(22-23)17(25)21-20-15(24)9-12-10-27-11(2)19-12/h4-7,10H,3,8-9H2,1-2H3,(H,20,24)(H,21,25). The van der Waals surface area contributed by atoms with Crippen molar-refractivity contribution < 1.29 is 9.59 Å². The number of aromatic nitrogens is 3. The Morgan fingerprint density at radius 3 is 2.59 bits per heavy atom. The van der Waals surface area contributed by atoms with Gasteiger partial charge in [0, 0.05) is 17.3 Å². The molecule has 0 bridgehead atoms. The predicted octanol–water partition coefficient (Wildman–Crippen LogP) is 1.58. The molecule has 27 heavy (non-hydrogen) atoms. The summed E-state index contributed by atoms with van der Waals surface area (Å²) in [6.07, 6.45) is 0.768. The van der Waals surface area contributed by atoms with Gasteiger partial charge in [-0.3, -0.25) is 25.2 Å². The van der Waals surface area contributed by atoms with Crippen molar-refractivity contribution >= 4 is 33.9 Å². The van der Waals surface area contributed by atoms with Crippen LogP contribution in [0.5, 0.6) is 0 Å². The molecule has 2 N–H and O–H groups in total. The minimum Gasteiger partial charge on any atom is -0.273 e. The Hall–Kier alpha value is -3.07. The van der Waals surface area contributed by atoms with Crippen molar-refractivity contribution in [2.24, 2.45) is 0 Å². The average molecular weight is 385 g/mol. The summed E-state index contributed by atoms with van der Waals surface area (Å²) in [5.41, 5.74) is 5.22. The number of thiazole rings is 1. The number of benzene rings is 1. The van der Waals surface area contributed by atoms with E-state index in [-0.39, 0.29) is 23.6 Å². The molecule has 0 atom stereocenters. The van der Waals surface area contributed by atoms with Crippen LogP contribution in [0, 0.1) is 6.92 Å². The number of nitrogens with one attached hydrogen (secondary N) is 2. The summed E-state index contributed by atoms with van der Waals surface area (Å²) in [6.45, 7) is 4.18. The smallest absolute Gasteiger partial charge is 0.273 e.